The van der Waals surface area contributed by atoms with E-state index in [-0.39, 0.29) is 23.3 Å². The number of hydrogen-bond donors (Lipinski definition) is 0. The van der Waals surface area contributed by atoms with Crippen LogP contribution in [0.25, 0.3) is 11.0 Å². The van der Waals surface area contributed by atoms with E-state index in [9.17, 15) is 14.0 Å². The lowest BCUT2D eigenvalue weighted by Crippen LogP contribution is -2.29. The van der Waals surface area contributed by atoms with Gasteiger partial charge < -0.3 is 13.7 Å². The molecule has 0 unspecified atom stereocenters. The molecule has 0 bridgehead atoms. The van der Waals surface area contributed by atoms with Gasteiger partial charge in [-0.3, -0.25) is 9.59 Å². The Balaban J connectivity index is 1.76. The van der Waals surface area contributed by atoms with Crippen LogP contribution in [0.4, 0.5) is 4.39 Å². The highest BCUT2D eigenvalue weighted by atomic mass is 19.1. The number of benzene rings is 2. The predicted octanol–water partition coefficient (Wildman–Crippen LogP) is 4.27. The Hall–Kier alpha value is -3.67. The molecule has 1 atom stereocenters. The number of rotatable bonds is 3. The second-order valence-electron chi connectivity index (χ2n) is 6.64. The molecule has 0 saturated heterocycles. The van der Waals surface area contributed by atoms with Crippen LogP contribution in [0.15, 0.2) is 80.6 Å². The van der Waals surface area contributed by atoms with E-state index in [4.69, 9.17) is 8.83 Å². The summed E-state index contributed by atoms with van der Waals surface area (Å²) in [5.41, 5.74) is 0.779. The molecule has 0 aliphatic carbocycles. The van der Waals surface area contributed by atoms with Crippen molar-refractivity contribution in [3.8, 4) is 0 Å². The molecule has 0 spiro atoms. The number of amides is 1. The summed E-state index contributed by atoms with van der Waals surface area (Å²) in [5, 5.41) is 0.385. The number of fused-ring (bicyclic) bond motifs is 2. The van der Waals surface area contributed by atoms with Crippen LogP contribution >= 0.6 is 0 Å². The summed E-state index contributed by atoms with van der Waals surface area (Å²) in [5.74, 6) is -0.325. The third-order valence-corrected chi connectivity index (χ3v) is 4.94. The summed E-state index contributed by atoms with van der Waals surface area (Å²) in [6.07, 6.45) is 1.51. The molecule has 4 aromatic rings. The molecule has 1 aliphatic rings. The van der Waals surface area contributed by atoms with Crippen molar-refractivity contribution in [1.29, 1.82) is 0 Å². The summed E-state index contributed by atoms with van der Waals surface area (Å²) >= 11 is 0. The minimum atomic E-state index is -0.760. The van der Waals surface area contributed by atoms with Crippen molar-refractivity contribution in [2.45, 2.75) is 12.6 Å². The molecular formula is C22H14FNO4. The second kappa shape index (κ2) is 6.20. The summed E-state index contributed by atoms with van der Waals surface area (Å²) < 4.78 is 25.1. The lowest BCUT2D eigenvalue weighted by Gasteiger charge is -2.24. The van der Waals surface area contributed by atoms with Gasteiger partial charge in [-0.25, -0.2) is 4.39 Å². The number of halogens is 1. The Morgan fingerprint density at radius 1 is 1.00 bits per heavy atom. The molecule has 28 heavy (non-hydrogen) atoms. The largest absolute Gasteiger partial charge is 0.467 e. The fourth-order valence-electron chi connectivity index (χ4n) is 3.72. The van der Waals surface area contributed by atoms with Crippen LogP contribution in [0.5, 0.6) is 0 Å². The number of para-hydroxylation sites is 1. The van der Waals surface area contributed by atoms with Crippen molar-refractivity contribution < 1.29 is 18.0 Å². The summed E-state index contributed by atoms with van der Waals surface area (Å²) in [6.45, 7) is 0.132. The second-order valence-corrected chi connectivity index (χ2v) is 6.64. The molecule has 0 fully saturated rings. The van der Waals surface area contributed by atoms with E-state index in [1.807, 2.05) is 0 Å². The van der Waals surface area contributed by atoms with Crippen LogP contribution in [-0.2, 0) is 6.54 Å². The molecule has 138 valence electrons. The van der Waals surface area contributed by atoms with E-state index in [0.29, 0.717) is 22.3 Å². The maximum Gasteiger partial charge on any atom is 0.291 e. The van der Waals surface area contributed by atoms with Crippen molar-refractivity contribution in [3.63, 3.8) is 0 Å². The molecule has 0 saturated carbocycles. The first-order valence-corrected chi connectivity index (χ1v) is 8.78. The van der Waals surface area contributed by atoms with E-state index in [2.05, 4.69) is 0 Å². The Bertz CT molecular complexity index is 1260. The standard InChI is InChI=1S/C22H14FNO4/c23-14-6-3-5-13(11-14)19-18-20(25)16-8-1-2-9-17(16)28-21(18)22(26)24(19)12-15-7-4-10-27-15/h1-11,19H,12H2/t19-/m1/s1. The maximum absolute atomic E-state index is 13.9. The Morgan fingerprint density at radius 3 is 2.64 bits per heavy atom. The van der Waals surface area contributed by atoms with Crippen molar-refractivity contribution in [3.05, 3.63) is 106 Å². The van der Waals surface area contributed by atoms with E-state index in [1.54, 1.807) is 48.5 Å². The lowest BCUT2D eigenvalue weighted by molar-refractivity contribution is 0.0701. The third-order valence-electron chi connectivity index (χ3n) is 4.94. The van der Waals surface area contributed by atoms with E-state index in [1.165, 1.54) is 23.3 Å². The SMILES string of the molecule is O=C1c2oc3ccccc3c(=O)c2[C@@H](c2cccc(F)c2)N1Cc1ccco1. The number of carbonyl (C=O) groups is 1. The Morgan fingerprint density at radius 2 is 1.86 bits per heavy atom. The van der Waals surface area contributed by atoms with Gasteiger partial charge in [-0.2, -0.15) is 0 Å². The van der Waals surface area contributed by atoms with Gasteiger partial charge in [0.05, 0.1) is 29.8 Å². The van der Waals surface area contributed by atoms with Gasteiger partial charge in [0.1, 0.15) is 17.2 Å². The van der Waals surface area contributed by atoms with E-state index < -0.39 is 17.8 Å². The Kier molecular flexibility index (Phi) is 3.65. The van der Waals surface area contributed by atoms with Crippen molar-refractivity contribution in [2.24, 2.45) is 0 Å². The van der Waals surface area contributed by atoms with Gasteiger partial charge in [0.15, 0.2) is 5.43 Å². The van der Waals surface area contributed by atoms with Crippen LogP contribution < -0.4 is 5.43 Å². The first-order valence-electron chi connectivity index (χ1n) is 8.78. The molecule has 2 aromatic carbocycles. The zero-order valence-corrected chi connectivity index (χ0v) is 14.6. The minimum absolute atomic E-state index is 0.00971. The molecule has 1 amide bonds. The average Bonchev–Trinajstić information content (AvgIpc) is 3.30. The van der Waals surface area contributed by atoms with Gasteiger partial charge in [-0.15, -0.1) is 0 Å². The zero-order chi connectivity index (χ0) is 19.3. The highest BCUT2D eigenvalue weighted by molar-refractivity contribution is 5.99. The van der Waals surface area contributed by atoms with Crippen LogP contribution in [0.1, 0.15) is 33.5 Å². The van der Waals surface area contributed by atoms with Crippen LogP contribution in [0.3, 0.4) is 0 Å². The van der Waals surface area contributed by atoms with Gasteiger partial charge in [0.2, 0.25) is 5.76 Å². The fraction of sp³-hybridized carbons (Fsp3) is 0.0909. The van der Waals surface area contributed by atoms with E-state index >= 15 is 0 Å². The molecule has 1 aliphatic heterocycles. The van der Waals surface area contributed by atoms with Crippen LogP contribution in [0, 0.1) is 5.82 Å². The van der Waals surface area contributed by atoms with Gasteiger partial charge >= 0.3 is 0 Å². The summed E-state index contributed by atoms with van der Waals surface area (Å²) in [6, 6.07) is 15.4. The normalized spacial score (nSPS) is 16.0. The summed E-state index contributed by atoms with van der Waals surface area (Å²) in [4.78, 5) is 27.8. The predicted molar refractivity (Wildman–Crippen MR) is 99.3 cm³/mol. The molecule has 0 N–H and O–H groups in total. The Labute approximate surface area is 158 Å². The monoisotopic (exact) mass is 375 g/mol. The molecule has 2 aromatic heterocycles. The topological polar surface area (TPSA) is 63.7 Å². The smallest absolute Gasteiger partial charge is 0.291 e. The van der Waals surface area contributed by atoms with Crippen LogP contribution in [0.2, 0.25) is 0 Å². The molecule has 0 radical (unpaired) electrons. The third kappa shape index (κ3) is 2.45. The number of furan rings is 1. The quantitative estimate of drug-likeness (QED) is 0.536. The van der Waals surface area contributed by atoms with Gasteiger partial charge in [0, 0.05) is 0 Å². The minimum Gasteiger partial charge on any atom is -0.467 e. The highest BCUT2D eigenvalue weighted by Crippen LogP contribution is 2.39. The van der Waals surface area contributed by atoms with E-state index in [0.717, 1.165) is 0 Å². The molecule has 5 nitrogen and oxygen atoms in total. The van der Waals surface area contributed by atoms with Crippen molar-refractivity contribution in [1.82, 2.24) is 4.90 Å². The number of hydrogen-bond acceptors (Lipinski definition) is 4. The zero-order valence-electron chi connectivity index (χ0n) is 14.6. The summed E-state index contributed by atoms with van der Waals surface area (Å²) in [7, 11) is 0. The maximum atomic E-state index is 13.9. The first kappa shape index (κ1) is 16.5. The molecule has 3 heterocycles. The lowest BCUT2D eigenvalue weighted by atomic mass is 9.98. The number of nitrogens with zero attached hydrogens (tertiary/aromatic N) is 1. The number of carbonyl (C=O) groups excluding carboxylic acids is 1. The van der Waals surface area contributed by atoms with Gasteiger partial charge in [-0.05, 0) is 42.0 Å². The molecule has 6 heteroatoms. The molecule has 5 rings (SSSR count). The molecular weight excluding hydrogens is 361 g/mol. The fourth-order valence-corrected chi connectivity index (χ4v) is 3.72. The average molecular weight is 375 g/mol. The van der Waals surface area contributed by atoms with Crippen molar-refractivity contribution in [2.75, 3.05) is 0 Å². The highest BCUT2D eigenvalue weighted by Gasteiger charge is 2.43. The van der Waals surface area contributed by atoms with Gasteiger partial charge in [-0.1, -0.05) is 24.3 Å². The first-order chi connectivity index (χ1) is 13.6. The van der Waals surface area contributed by atoms with Gasteiger partial charge in [0.25, 0.3) is 5.91 Å². The van der Waals surface area contributed by atoms with Crippen molar-refractivity contribution >= 4 is 16.9 Å². The van der Waals surface area contributed by atoms with Crippen LogP contribution in [-0.4, -0.2) is 10.8 Å².